The Labute approximate surface area is 191 Å². The molecule has 0 saturated heterocycles. The van der Waals surface area contributed by atoms with Crippen molar-refractivity contribution in [2.45, 2.75) is 129 Å². The topological polar surface area (TPSA) is 26.3 Å². The predicted octanol–water partition coefficient (Wildman–Crippen LogP) is 7.44. The average Bonchev–Trinajstić information content (AvgIpc) is 2.56. The molecule has 0 amide bonds. The average molecular weight is 383 g/mol. The Morgan fingerprint density at radius 1 is 0.600 bits per heavy atom. The molecular weight excluding hydrogens is 336 g/mol. The van der Waals surface area contributed by atoms with Gasteiger partial charge in [0, 0.05) is 6.92 Å². The number of hydrogen-bond donors (Lipinski definition) is 0. The zero-order valence-electron chi connectivity index (χ0n) is 19.5. The SMILES string of the molecule is CCCCCCCCCCCCCCCCCCCCOC(C)=O.[Ca+2].[H-].[H-]. The van der Waals surface area contributed by atoms with Gasteiger partial charge in [-0.05, 0) is 6.42 Å². The molecule has 0 saturated carbocycles. The first-order valence-electron chi connectivity index (χ1n) is 10.9. The van der Waals surface area contributed by atoms with Crippen molar-refractivity contribution in [1.82, 2.24) is 0 Å². The summed E-state index contributed by atoms with van der Waals surface area (Å²) >= 11 is 0. The Morgan fingerprint density at radius 2 is 0.880 bits per heavy atom. The van der Waals surface area contributed by atoms with Crippen molar-refractivity contribution in [2.75, 3.05) is 6.61 Å². The van der Waals surface area contributed by atoms with Crippen molar-refractivity contribution in [2.24, 2.45) is 0 Å². The minimum absolute atomic E-state index is 0. The van der Waals surface area contributed by atoms with Crippen molar-refractivity contribution < 1.29 is 12.4 Å². The molecule has 0 spiro atoms. The second-order valence-corrected chi connectivity index (χ2v) is 7.35. The van der Waals surface area contributed by atoms with Gasteiger partial charge in [0.2, 0.25) is 0 Å². The van der Waals surface area contributed by atoms with Gasteiger partial charge in [-0.3, -0.25) is 4.79 Å². The van der Waals surface area contributed by atoms with Crippen LogP contribution in [0.25, 0.3) is 0 Å². The molecule has 0 fully saturated rings. The molecule has 0 rings (SSSR count). The zero-order chi connectivity index (χ0) is 17.7. The third-order valence-electron chi connectivity index (χ3n) is 4.80. The fourth-order valence-corrected chi connectivity index (χ4v) is 3.22. The van der Waals surface area contributed by atoms with Gasteiger partial charge in [-0.1, -0.05) is 116 Å². The Balaban J connectivity index is -0.000000882. The van der Waals surface area contributed by atoms with Crippen molar-refractivity contribution in [3.8, 4) is 0 Å². The second kappa shape index (κ2) is 24.7. The van der Waals surface area contributed by atoms with E-state index in [0.717, 1.165) is 6.42 Å². The van der Waals surface area contributed by atoms with E-state index in [9.17, 15) is 4.79 Å². The van der Waals surface area contributed by atoms with Gasteiger partial charge in [0.1, 0.15) is 0 Å². The van der Waals surface area contributed by atoms with E-state index >= 15 is 0 Å². The first-order valence-corrected chi connectivity index (χ1v) is 10.9. The molecule has 0 aromatic heterocycles. The van der Waals surface area contributed by atoms with Crippen molar-refractivity contribution >= 4 is 43.7 Å². The summed E-state index contributed by atoms with van der Waals surface area (Å²) in [5.41, 5.74) is 0. The summed E-state index contributed by atoms with van der Waals surface area (Å²) in [4.78, 5) is 10.6. The van der Waals surface area contributed by atoms with Crippen LogP contribution in [0.1, 0.15) is 132 Å². The number of esters is 1. The summed E-state index contributed by atoms with van der Waals surface area (Å²) in [7, 11) is 0. The molecule has 25 heavy (non-hydrogen) atoms. The third-order valence-corrected chi connectivity index (χ3v) is 4.80. The summed E-state index contributed by atoms with van der Waals surface area (Å²) in [6, 6.07) is 0. The van der Waals surface area contributed by atoms with E-state index in [1.54, 1.807) is 0 Å². The van der Waals surface area contributed by atoms with E-state index < -0.39 is 0 Å². The van der Waals surface area contributed by atoms with Crippen LogP contribution in [0.3, 0.4) is 0 Å². The molecule has 148 valence electrons. The molecule has 0 aromatic carbocycles. The van der Waals surface area contributed by atoms with Crippen LogP contribution in [0.5, 0.6) is 0 Å². The number of hydrogen-bond acceptors (Lipinski definition) is 2. The molecule has 0 bridgehead atoms. The molecule has 0 N–H and O–H groups in total. The van der Waals surface area contributed by atoms with Crippen molar-refractivity contribution in [3.63, 3.8) is 0 Å². The molecule has 3 heteroatoms. The zero-order valence-corrected chi connectivity index (χ0v) is 19.7. The maximum Gasteiger partial charge on any atom is 2.00 e. The van der Waals surface area contributed by atoms with E-state index in [1.807, 2.05) is 0 Å². The number of carbonyl (C=O) groups is 1. The van der Waals surface area contributed by atoms with Gasteiger partial charge >= 0.3 is 43.7 Å². The fourth-order valence-electron chi connectivity index (χ4n) is 3.22. The summed E-state index contributed by atoms with van der Waals surface area (Å²) in [5.74, 6) is -0.151. The predicted molar refractivity (Wildman–Crippen MR) is 113 cm³/mol. The normalized spacial score (nSPS) is 10.5. The molecule has 0 aliphatic heterocycles. The van der Waals surface area contributed by atoms with E-state index in [0.29, 0.717) is 6.61 Å². The van der Waals surface area contributed by atoms with Crippen LogP contribution in [0.4, 0.5) is 0 Å². The standard InChI is InChI=1S/C22H44O2.Ca.2H/c1-3-4-5-6-7-8-9-10-11-12-13-14-15-16-17-18-19-20-21-24-22(2)23;;;/h3-21H2,1-2H3;;;/q;+2;2*-1. The van der Waals surface area contributed by atoms with Gasteiger partial charge in [0.15, 0.2) is 0 Å². The first-order chi connectivity index (χ1) is 11.8. The van der Waals surface area contributed by atoms with Crippen LogP contribution >= 0.6 is 0 Å². The number of unbranched alkanes of at least 4 members (excludes halogenated alkanes) is 17. The Bertz CT molecular complexity index is 267. The maximum atomic E-state index is 10.6. The Hall–Kier alpha value is 0.730. The molecule has 0 heterocycles. The monoisotopic (exact) mass is 382 g/mol. The van der Waals surface area contributed by atoms with Crippen LogP contribution in [-0.2, 0) is 9.53 Å². The van der Waals surface area contributed by atoms with Crippen LogP contribution < -0.4 is 0 Å². The van der Waals surface area contributed by atoms with E-state index in [2.05, 4.69) is 6.92 Å². The van der Waals surface area contributed by atoms with Gasteiger partial charge in [0.25, 0.3) is 0 Å². The fraction of sp³-hybridized carbons (Fsp3) is 0.955. The maximum absolute atomic E-state index is 10.6. The molecule has 2 nitrogen and oxygen atoms in total. The van der Waals surface area contributed by atoms with E-state index in [-0.39, 0.29) is 46.6 Å². The number of carbonyl (C=O) groups excluding carboxylic acids is 1. The molecule has 0 radical (unpaired) electrons. The number of rotatable bonds is 19. The van der Waals surface area contributed by atoms with Gasteiger partial charge in [-0.25, -0.2) is 0 Å². The van der Waals surface area contributed by atoms with Crippen molar-refractivity contribution in [1.29, 1.82) is 0 Å². The second-order valence-electron chi connectivity index (χ2n) is 7.35. The van der Waals surface area contributed by atoms with Crippen molar-refractivity contribution in [3.05, 3.63) is 0 Å². The number of ether oxygens (including phenoxy) is 1. The van der Waals surface area contributed by atoms with Gasteiger partial charge < -0.3 is 7.59 Å². The smallest absolute Gasteiger partial charge is 1.00 e. The van der Waals surface area contributed by atoms with Gasteiger partial charge in [-0.15, -0.1) is 0 Å². The Morgan fingerprint density at radius 3 is 1.16 bits per heavy atom. The minimum Gasteiger partial charge on any atom is -1.00 e. The van der Waals surface area contributed by atoms with E-state index in [1.165, 1.54) is 116 Å². The summed E-state index contributed by atoms with van der Waals surface area (Å²) in [5, 5.41) is 0. The largest absolute Gasteiger partial charge is 2.00 e. The molecule has 0 aromatic rings. The third kappa shape index (κ3) is 27.1. The summed E-state index contributed by atoms with van der Waals surface area (Å²) < 4.78 is 4.93. The molecule has 0 unspecified atom stereocenters. The Kier molecular flexibility index (Phi) is 27.6. The first kappa shape index (κ1) is 27.9. The summed E-state index contributed by atoms with van der Waals surface area (Å²) in [6.45, 7) is 4.37. The van der Waals surface area contributed by atoms with Gasteiger partial charge in [0.05, 0.1) is 6.61 Å². The van der Waals surface area contributed by atoms with Gasteiger partial charge in [-0.2, -0.15) is 0 Å². The molecule has 0 aliphatic carbocycles. The minimum atomic E-state index is -0.151. The summed E-state index contributed by atoms with van der Waals surface area (Å²) in [6.07, 6.45) is 24.9. The van der Waals surface area contributed by atoms with Crippen LogP contribution in [0.2, 0.25) is 0 Å². The van der Waals surface area contributed by atoms with Crippen LogP contribution in [-0.4, -0.2) is 50.3 Å². The molecular formula is C22H46CaO2. The van der Waals surface area contributed by atoms with E-state index in [4.69, 9.17) is 4.74 Å². The van der Waals surface area contributed by atoms with Crippen LogP contribution in [0.15, 0.2) is 0 Å². The molecule has 0 aliphatic rings. The molecule has 0 atom stereocenters. The quantitative estimate of drug-likeness (QED) is 0.132. The van der Waals surface area contributed by atoms with Crippen LogP contribution in [0, 0.1) is 0 Å².